The Morgan fingerprint density at radius 3 is 2.87 bits per heavy atom. The van der Waals surface area contributed by atoms with Crippen molar-refractivity contribution in [2.45, 2.75) is 0 Å². The molecule has 0 fully saturated rings. The number of nitrogen functional groups attached to an aromatic ring is 1. The summed E-state index contributed by atoms with van der Waals surface area (Å²) in [6.45, 7) is 0. The Hall–Kier alpha value is -1.82. The van der Waals surface area contributed by atoms with Crippen LogP contribution in [0.4, 0.5) is 11.8 Å². The molecule has 2 rings (SSSR count). The van der Waals surface area contributed by atoms with Gasteiger partial charge in [0.1, 0.15) is 5.82 Å². The minimum absolute atomic E-state index is 0.184. The lowest BCUT2D eigenvalue weighted by atomic mass is 10.5. The Morgan fingerprint density at radius 1 is 1.47 bits per heavy atom. The third kappa shape index (κ3) is 1.99. The van der Waals surface area contributed by atoms with Crippen LogP contribution in [0.15, 0.2) is 18.5 Å². The van der Waals surface area contributed by atoms with E-state index in [-0.39, 0.29) is 5.95 Å². The molecule has 0 spiro atoms. The number of nitrogens with two attached hydrogens (primary N) is 1. The maximum Gasteiger partial charge on any atom is 0.224 e. The van der Waals surface area contributed by atoms with Gasteiger partial charge in [0.15, 0.2) is 5.82 Å². The Morgan fingerprint density at radius 2 is 2.27 bits per heavy atom. The van der Waals surface area contributed by atoms with Crippen LogP contribution >= 0.6 is 11.6 Å². The number of halogens is 1. The van der Waals surface area contributed by atoms with Crippen LogP contribution in [0.1, 0.15) is 0 Å². The van der Waals surface area contributed by atoms with Crippen LogP contribution in [0.25, 0.3) is 5.82 Å². The van der Waals surface area contributed by atoms with E-state index in [9.17, 15) is 0 Å². The summed E-state index contributed by atoms with van der Waals surface area (Å²) in [6.07, 6.45) is 3.17. The predicted molar refractivity (Wildman–Crippen MR) is 58.1 cm³/mol. The zero-order valence-corrected chi connectivity index (χ0v) is 8.73. The van der Waals surface area contributed by atoms with Gasteiger partial charge in [-0.3, -0.25) is 0 Å². The first kappa shape index (κ1) is 9.72. The number of rotatable bonds is 2. The third-order valence-corrected chi connectivity index (χ3v) is 1.97. The van der Waals surface area contributed by atoms with Crippen molar-refractivity contribution in [2.24, 2.45) is 0 Å². The van der Waals surface area contributed by atoms with Gasteiger partial charge >= 0.3 is 0 Å². The van der Waals surface area contributed by atoms with Gasteiger partial charge in [0.05, 0.1) is 17.4 Å². The maximum absolute atomic E-state index is 5.75. The highest BCUT2D eigenvalue weighted by molar-refractivity contribution is 6.30. The molecule has 6 nitrogen and oxygen atoms in total. The maximum atomic E-state index is 5.75. The minimum atomic E-state index is 0.184. The lowest BCUT2D eigenvalue weighted by Crippen LogP contribution is -2.05. The number of aromatic nitrogens is 4. The summed E-state index contributed by atoms with van der Waals surface area (Å²) in [4.78, 5) is 8.00. The summed E-state index contributed by atoms with van der Waals surface area (Å²) in [7, 11) is 1.75. The van der Waals surface area contributed by atoms with E-state index in [0.717, 1.165) is 0 Å². The van der Waals surface area contributed by atoms with E-state index in [0.29, 0.717) is 16.7 Å². The molecule has 0 aliphatic carbocycles. The van der Waals surface area contributed by atoms with E-state index >= 15 is 0 Å². The summed E-state index contributed by atoms with van der Waals surface area (Å²) in [5, 5.41) is 7.43. The van der Waals surface area contributed by atoms with Crippen LogP contribution in [-0.4, -0.2) is 26.8 Å². The average molecular weight is 225 g/mol. The fourth-order valence-electron chi connectivity index (χ4n) is 1.12. The summed E-state index contributed by atoms with van der Waals surface area (Å²) < 4.78 is 1.53. The largest absolute Gasteiger partial charge is 0.373 e. The molecule has 0 aromatic carbocycles. The minimum Gasteiger partial charge on any atom is -0.373 e. The van der Waals surface area contributed by atoms with Gasteiger partial charge in [-0.2, -0.15) is 15.1 Å². The van der Waals surface area contributed by atoms with Crippen molar-refractivity contribution in [2.75, 3.05) is 18.1 Å². The lowest BCUT2D eigenvalue weighted by Gasteiger charge is -2.04. The van der Waals surface area contributed by atoms with Crippen LogP contribution in [0, 0.1) is 0 Å². The molecule has 0 saturated heterocycles. The van der Waals surface area contributed by atoms with Crippen molar-refractivity contribution < 1.29 is 0 Å². The Balaban J connectivity index is 2.48. The van der Waals surface area contributed by atoms with Gasteiger partial charge in [0.2, 0.25) is 5.95 Å². The van der Waals surface area contributed by atoms with Gasteiger partial charge in [-0.1, -0.05) is 11.6 Å². The summed E-state index contributed by atoms with van der Waals surface area (Å²) in [6, 6.07) is 1.72. The van der Waals surface area contributed by atoms with E-state index < -0.39 is 0 Å². The van der Waals surface area contributed by atoms with E-state index in [1.807, 2.05) is 0 Å². The molecule has 3 N–H and O–H groups in total. The van der Waals surface area contributed by atoms with Gasteiger partial charge < -0.3 is 11.1 Å². The van der Waals surface area contributed by atoms with E-state index in [4.69, 9.17) is 17.3 Å². The average Bonchev–Trinajstić information content (AvgIpc) is 2.64. The van der Waals surface area contributed by atoms with Gasteiger partial charge in [-0.25, -0.2) is 4.68 Å². The topological polar surface area (TPSA) is 81.7 Å². The van der Waals surface area contributed by atoms with Crippen molar-refractivity contribution >= 4 is 23.4 Å². The fraction of sp³-hybridized carbons (Fsp3) is 0.125. The SMILES string of the molecule is CNc1cc(-n2cc(Cl)cn2)nc(N)n1. The normalized spacial score (nSPS) is 10.3. The predicted octanol–water partition coefficient (Wildman–Crippen LogP) is 0.940. The fourth-order valence-corrected chi connectivity index (χ4v) is 1.26. The zero-order valence-electron chi connectivity index (χ0n) is 7.98. The number of hydrogen-bond acceptors (Lipinski definition) is 5. The monoisotopic (exact) mass is 224 g/mol. The Labute approximate surface area is 91.1 Å². The zero-order chi connectivity index (χ0) is 10.8. The molecule has 0 radical (unpaired) electrons. The molecular weight excluding hydrogens is 216 g/mol. The quantitative estimate of drug-likeness (QED) is 0.794. The first-order valence-corrected chi connectivity index (χ1v) is 4.59. The molecule has 78 valence electrons. The summed E-state index contributed by atoms with van der Waals surface area (Å²) in [5.41, 5.74) is 5.54. The first-order chi connectivity index (χ1) is 7.19. The van der Waals surface area contributed by atoms with Crippen molar-refractivity contribution in [3.8, 4) is 5.82 Å². The van der Waals surface area contributed by atoms with Gasteiger partial charge in [-0.05, 0) is 0 Å². The van der Waals surface area contributed by atoms with Gasteiger partial charge in [-0.15, -0.1) is 0 Å². The molecule has 2 heterocycles. The number of hydrogen-bond donors (Lipinski definition) is 2. The molecule has 2 aromatic heterocycles. The van der Waals surface area contributed by atoms with Crippen LogP contribution in [0.3, 0.4) is 0 Å². The molecule has 0 aliphatic rings. The van der Waals surface area contributed by atoms with Crippen molar-refractivity contribution in [3.05, 3.63) is 23.5 Å². The number of nitrogens with zero attached hydrogens (tertiary/aromatic N) is 4. The highest BCUT2D eigenvalue weighted by Crippen LogP contribution is 2.13. The van der Waals surface area contributed by atoms with Crippen LogP contribution in [0.5, 0.6) is 0 Å². The third-order valence-electron chi connectivity index (χ3n) is 1.77. The first-order valence-electron chi connectivity index (χ1n) is 4.22. The molecule has 0 amide bonds. The van der Waals surface area contributed by atoms with Crippen LogP contribution in [0.2, 0.25) is 5.02 Å². The number of nitrogens with one attached hydrogen (secondary N) is 1. The van der Waals surface area contributed by atoms with Crippen molar-refractivity contribution in [3.63, 3.8) is 0 Å². The van der Waals surface area contributed by atoms with Gasteiger partial charge in [0.25, 0.3) is 0 Å². The molecule has 15 heavy (non-hydrogen) atoms. The van der Waals surface area contributed by atoms with E-state index in [1.54, 1.807) is 19.3 Å². The van der Waals surface area contributed by atoms with Crippen molar-refractivity contribution in [1.82, 2.24) is 19.7 Å². The standard InChI is InChI=1S/C8H9ClN6/c1-11-6-2-7(14-8(10)13-6)15-4-5(9)3-12-15/h2-4H,1H3,(H3,10,11,13,14). The highest BCUT2D eigenvalue weighted by atomic mass is 35.5. The molecular formula is C8H9ClN6. The van der Waals surface area contributed by atoms with Crippen LogP contribution in [-0.2, 0) is 0 Å². The van der Waals surface area contributed by atoms with Gasteiger partial charge in [0, 0.05) is 13.1 Å². The van der Waals surface area contributed by atoms with E-state index in [2.05, 4.69) is 20.4 Å². The van der Waals surface area contributed by atoms with Crippen molar-refractivity contribution in [1.29, 1.82) is 0 Å². The molecule has 0 unspecified atom stereocenters. The van der Waals surface area contributed by atoms with Crippen LogP contribution < -0.4 is 11.1 Å². The second-order valence-electron chi connectivity index (χ2n) is 2.82. The molecule has 0 aliphatic heterocycles. The smallest absolute Gasteiger partial charge is 0.224 e. The molecule has 7 heteroatoms. The van der Waals surface area contributed by atoms with E-state index in [1.165, 1.54) is 10.9 Å². The molecule has 2 aromatic rings. The second kappa shape index (κ2) is 3.74. The summed E-state index contributed by atoms with van der Waals surface area (Å²) >= 11 is 5.75. The summed E-state index contributed by atoms with van der Waals surface area (Å²) in [5.74, 6) is 1.38. The molecule has 0 bridgehead atoms. The highest BCUT2D eigenvalue weighted by Gasteiger charge is 2.04. The Kier molecular flexibility index (Phi) is 2.42. The lowest BCUT2D eigenvalue weighted by molar-refractivity contribution is 0.843. The Bertz CT molecular complexity index is 480. The molecule has 0 saturated carbocycles. The number of anilines is 2. The second-order valence-corrected chi connectivity index (χ2v) is 3.26. The molecule has 0 atom stereocenters.